The van der Waals surface area contributed by atoms with Crippen LogP contribution in [0.3, 0.4) is 0 Å². The van der Waals surface area contributed by atoms with Crippen molar-refractivity contribution in [1.82, 2.24) is 4.90 Å². The molecule has 3 unspecified atom stereocenters. The van der Waals surface area contributed by atoms with Crippen LogP contribution in [0, 0.1) is 5.92 Å². The summed E-state index contributed by atoms with van der Waals surface area (Å²) in [6, 6.07) is 0.442. The number of rotatable bonds is 4. The van der Waals surface area contributed by atoms with E-state index in [1.807, 2.05) is 0 Å². The van der Waals surface area contributed by atoms with Gasteiger partial charge in [-0.2, -0.15) is 0 Å². The average Bonchev–Trinajstić information content (AvgIpc) is 2.79. The molecule has 2 N–H and O–H groups in total. The van der Waals surface area contributed by atoms with Crippen LogP contribution in [0.15, 0.2) is 0 Å². The second-order valence-electron chi connectivity index (χ2n) is 5.21. The second-order valence-corrected chi connectivity index (χ2v) is 5.21. The molecule has 1 aliphatic heterocycles. The van der Waals surface area contributed by atoms with Gasteiger partial charge in [-0.1, -0.05) is 6.42 Å². The molecule has 0 spiro atoms. The highest BCUT2D eigenvalue weighted by molar-refractivity contribution is 4.82. The van der Waals surface area contributed by atoms with Crippen LogP contribution in [0.5, 0.6) is 0 Å². The van der Waals surface area contributed by atoms with Gasteiger partial charge >= 0.3 is 0 Å². The molecule has 0 aromatic carbocycles. The number of hydrogen-bond donors (Lipinski definition) is 1. The van der Waals surface area contributed by atoms with E-state index >= 15 is 0 Å². The van der Waals surface area contributed by atoms with Crippen LogP contribution >= 0.6 is 0 Å². The molecular weight excluding hydrogens is 188 g/mol. The first-order valence-corrected chi connectivity index (χ1v) is 6.31. The van der Waals surface area contributed by atoms with Gasteiger partial charge in [-0.25, -0.2) is 0 Å². The Morgan fingerprint density at radius 3 is 2.67 bits per heavy atom. The summed E-state index contributed by atoms with van der Waals surface area (Å²) in [5.74, 6) is 0.719. The lowest BCUT2D eigenvalue weighted by Gasteiger charge is -2.25. The third kappa shape index (κ3) is 3.16. The highest BCUT2D eigenvalue weighted by Gasteiger charge is 2.26. The lowest BCUT2D eigenvalue weighted by molar-refractivity contribution is 0.0761. The van der Waals surface area contributed by atoms with E-state index in [-0.39, 0.29) is 0 Å². The van der Waals surface area contributed by atoms with Gasteiger partial charge in [0.2, 0.25) is 0 Å². The van der Waals surface area contributed by atoms with Crippen molar-refractivity contribution in [3.8, 4) is 0 Å². The number of nitrogens with zero attached hydrogens (tertiary/aromatic N) is 1. The summed E-state index contributed by atoms with van der Waals surface area (Å²) in [5.41, 5.74) is 6.08. The van der Waals surface area contributed by atoms with Gasteiger partial charge in [0, 0.05) is 25.7 Å². The zero-order chi connectivity index (χ0) is 10.7. The summed E-state index contributed by atoms with van der Waals surface area (Å²) in [6.07, 6.45) is 6.81. The standard InChI is InChI=1S/C12H24N2O/c1-14(9-11-5-3-7-15-11)8-10-4-2-6-12(10)13/h10-12H,2-9,13H2,1H3. The number of hydrogen-bond acceptors (Lipinski definition) is 3. The van der Waals surface area contributed by atoms with Crippen LogP contribution in [0.4, 0.5) is 0 Å². The van der Waals surface area contributed by atoms with E-state index in [4.69, 9.17) is 10.5 Å². The molecule has 1 heterocycles. The molecule has 1 saturated carbocycles. The normalized spacial score (nSPS) is 36.6. The first-order valence-electron chi connectivity index (χ1n) is 6.31. The Hall–Kier alpha value is -0.120. The van der Waals surface area contributed by atoms with Crippen molar-refractivity contribution >= 4 is 0 Å². The predicted molar refractivity (Wildman–Crippen MR) is 61.8 cm³/mol. The topological polar surface area (TPSA) is 38.5 Å². The third-order valence-corrected chi connectivity index (χ3v) is 3.80. The summed E-state index contributed by atoms with van der Waals surface area (Å²) < 4.78 is 5.64. The van der Waals surface area contributed by atoms with Crippen molar-refractivity contribution < 1.29 is 4.74 Å². The Kier molecular flexibility index (Phi) is 4.00. The molecule has 15 heavy (non-hydrogen) atoms. The van der Waals surface area contributed by atoms with Gasteiger partial charge in [0.05, 0.1) is 6.10 Å². The highest BCUT2D eigenvalue weighted by Crippen LogP contribution is 2.24. The third-order valence-electron chi connectivity index (χ3n) is 3.80. The lowest BCUT2D eigenvalue weighted by Crippen LogP contribution is -2.37. The van der Waals surface area contributed by atoms with Gasteiger partial charge in [0.15, 0.2) is 0 Å². The van der Waals surface area contributed by atoms with Gasteiger partial charge in [0.1, 0.15) is 0 Å². The fourth-order valence-electron chi connectivity index (χ4n) is 2.90. The Bertz CT molecular complexity index is 192. The van der Waals surface area contributed by atoms with Gasteiger partial charge in [-0.15, -0.1) is 0 Å². The smallest absolute Gasteiger partial charge is 0.0702 e. The van der Waals surface area contributed by atoms with E-state index < -0.39 is 0 Å². The zero-order valence-electron chi connectivity index (χ0n) is 9.82. The van der Waals surface area contributed by atoms with Crippen molar-refractivity contribution in [3.63, 3.8) is 0 Å². The first-order chi connectivity index (χ1) is 7.25. The van der Waals surface area contributed by atoms with Gasteiger partial charge < -0.3 is 15.4 Å². The molecule has 0 aromatic heterocycles. The zero-order valence-corrected chi connectivity index (χ0v) is 9.82. The SMILES string of the molecule is CN(CC1CCCO1)CC1CCCC1N. The van der Waals surface area contributed by atoms with Crippen molar-refractivity contribution in [2.45, 2.75) is 44.2 Å². The Labute approximate surface area is 93.0 Å². The minimum Gasteiger partial charge on any atom is -0.377 e. The first kappa shape index (κ1) is 11.4. The molecule has 2 fully saturated rings. The maximum Gasteiger partial charge on any atom is 0.0702 e. The van der Waals surface area contributed by atoms with Crippen LogP contribution < -0.4 is 5.73 Å². The molecule has 3 nitrogen and oxygen atoms in total. The number of ether oxygens (including phenoxy) is 1. The number of likely N-dealkylation sites (N-methyl/N-ethyl adjacent to an activating group) is 1. The molecule has 0 bridgehead atoms. The Morgan fingerprint density at radius 1 is 1.20 bits per heavy atom. The van der Waals surface area contributed by atoms with Crippen LogP contribution in [0.2, 0.25) is 0 Å². The van der Waals surface area contributed by atoms with Gasteiger partial charge in [-0.3, -0.25) is 0 Å². The van der Waals surface area contributed by atoms with E-state index in [0.29, 0.717) is 12.1 Å². The van der Waals surface area contributed by atoms with E-state index in [1.165, 1.54) is 32.1 Å². The van der Waals surface area contributed by atoms with Crippen LogP contribution in [-0.4, -0.2) is 43.8 Å². The molecule has 3 atom stereocenters. The van der Waals surface area contributed by atoms with Crippen LogP contribution in [0.25, 0.3) is 0 Å². The lowest BCUT2D eigenvalue weighted by atomic mass is 10.0. The summed E-state index contributed by atoms with van der Waals surface area (Å²) in [4.78, 5) is 2.41. The minimum absolute atomic E-state index is 0.442. The summed E-state index contributed by atoms with van der Waals surface area (Å²) >= 11 is 0. The Balaban J connectivity index is 1.69. The minimum atomic E-state index is 0.442. The summed E-state index contributed by atoms with van der Waals surface area (Å²) in [7, 11) is 2.20. The van der Waals surface area contributed by atoms with Crippen molar-refractivity contribution in [2.75, 3.05) is 26.7 Å². The van der Waals surface area contributed by atoms with Gasteiger partial charge in [-0.05, 0) is 38.6 Å². The quantitative estimate of drug-likeness (QED) is 0.761. The molecule has 88 valence electrons. The molecular formula is C12H24N2O. The van der Waals surface area contributed by atoms with Crippen molar-refractivity contribution in [3.05, 3.63) is 0 Å². The van der Waals surface area contributed by atoms with Crippen LogP contribution in [-0.2, 0) is 4.74 Å². The second kappa shape index (κ2) is 5.28. The van der Waals surface area contributed by atoms with Crippen molar-refractivity contribution in [1.29, 1.82) is 0 Å². The fraction of sp³-hybridized carbons (Fsp3) is 1.00. The van der Waals surface area contributed by atoms with E-state index in [2.05, 4.69) is 11.9 Å². The molecule has 0 amide bonds. The highest BCUT2D eigenvalue weighted by atomic mass is 16.5. The molecule has 0 radical (unpaired) electrons. The maximum absolute atomic E-state index is 6.08. The monoisotopic (exact) mass is 212 g/mol. The molecule has 1 saturated heterocycles. The van der Waals surface area contributed by atoms with Gasteiger partial charge in [0.25, 0.3) is 0 Å². The molecule has 2 aliphatic rings. The largest absolute Gasteiger partial charge is 0.377 e. The predicted octanol–water partition coefficient (Wildman–Crippen LogP) is 1.22. The molecule has 0 aromatic rings. The number of nitrogens with two attached hydrogens (primary N) is 1. The molecule has 1 aliphatic carbocycles. The summed E-state index contributed by atoms with van der Waals surface area (Å²) in [5, 5.41) is 0. The van der Waals surface area contributed by atoms with E-state index in [9.17, 15) is 0 Å². The van der Waals surface area contributed by atoms with E-state index in [1.54, 1.807) is 0 Å². The fourth-order valence-corrected chi connectivity index (χ4v) is 2.90. The average molecular weight is 212 g/mol. The molecule has 2 rings (SSSR count). The summed E-state index contributed by atoms with van der Waals surface area (Å²) in [6.45, 7) is 3.20. The van der Waals surface area contributed by atoms with E-state index in [0.717, 1.165) is 25.6 Å². The molecule has 3 heteroatoms. The van der Waals surface area contributed by atoms with Crippen LogP contribution in [0.1, 0.15) is 32.1 Å². The van der Waals surface area contributed by atoms with Crippen molar-refractivity contribution in [2.24, 2.45) is 11.7 Å². The maximum atomic E-state index is 6.08. The Morgan fingerprint density at radius 2 is 2.07 bits per heavy atom.